The number of carboxylic acid groups (broad SMARTS) is 1. The fourth-order valence-corrected chi connectivity index (χ4v) is 5.13. The maximum atomic E-state index is 12.8. The quantitative estimate of drug-likeness (QED) is 0.406. The molecule has 1 unspecified atom stereocenters. The second-order valence-electron chi connectivity index (χ2n) is 9.26. The van der Waals surface area contributed by atoms with E-state index in [4.69, 9.17) is 4.74 Å². The highest BCUT2D eigenvalue weighted by Gasteiger charge is 2.31. The van der Waals surface area contributed by atoms with Crippen LogP contribution >= 0.6 is 11.8 Å². The lowest BCUT2D eigenvalue weighted by molar-refractivity contribution is -0.142. The van der Waals surface area contributed by atoms with Gasteiger partial charge in [0.15, 0.2) is 0 Å². The molecule has 0 bridgehead atoms. The van der Waals surface area contributed by atoms with Gasteiger partial charge < -0.3 is 20.5 Å². The lowest BCUT2D eigenvalue weighted by atomic mass is 9.98. The van der Waals surface area contributed by atoms with Crippen molar-refractivity contribution in [3.63, 3.8) is 0 Å². The molecule has 3 N–H and O–H groups in total. The number of benzene rings is 2. The Morgan fingerprint density at radius 2 is 1.69 bits per heavy atom. The number of thioether (sulfide) groups is 1. The second kappa shape index (κ2) is 11.6. The molecule has 0 heterocycles. The van der Waals surface area contributed by atoms with E-state index in [0.29, 0.717) is 24.5 Å². The first-order valence-corrected chi connectivity index (χ1v) is 13.5. The number of hydrogen-bond acceptors (Lipinski definition) is 5. The average Bonchev–Trinajstić information content (AvgIpc) is 3.63. The molecule has 35 heavy (non-hydrogen) atoms. The Hall–Kier alpha value is -3.00. The zero-order valence-electron chi connectivity index (χ0n) is 19.9. The van der Waals surface area contributed by atoms with Crippen molar-refractivity contribution in [1.82, 2.24) is 10.6 Å². The smallest absolute Gasteiger partial charge is 0.407 e. The van der Waals surface area contributed by atoms with Gasteiger partial charge in [0.25, 0.3) is 0 Å². The third kappa shape index (κ3) is 6.36. The number of rotatable bonds is 12. The van der Waals surface area contributed by atoms with Gasteiger partial charge in [-0.25, -0.2) is 4.79 Å². The lowest BCUT2D eigenvalue weighted by Crippen LogP contribution is -2.48. The fraction of sp³-hybridized carbons (Fsp3) is 0.444. The van der Waals surface area contributed by atoms with Crippen molar-refractivity contribution in [3.05, 3.63) is 59.7 Å². The zero-order chi connectivity index (χ0) is 24.8. The number of ether oxygens (including phenoxy) is 1. The van der Waals surface area contributed by atoms with Gasteiger partial charge >= 0.3 is 12.1 Å². The highest BCUT2D eigenvalue weighted by Crippen LogP contribution is 2.44. The Morgan fingerprint density at radius 1 is 1.06 bits per heavy atom. The fourth-order valence-electron chi connectivity index (χ4n) is 4.66. The molecule has 4 rings (SSSR count). The third-order valence-electron chi connectivity index (χ3n) is 6.75. The van der Waals surface area contributed by atoms with Crippen molar-refractivity contribution in [1.29, 1.82) is 0 Å². The summed E-state index contributed by atoms with van der Waals surface area (Å²) in [5.74, 6) is -0.838. The number of carboxylic acids is 1. The van der Waals surface area contributed by atoms with E-state index in [1.807, 2.05) is 30.5 Å². The van der Waals surface area contributed by atoms with E-state index in [9.17, 15) is 19.5 Å². The van der Waals surface area contributed by atoms with Crippen LogP contribution in [0.4, 0.5) is 4.79 Å². The van der Waals surface area contributed by atoms with Crippen LogP contribution in [-0.4, -0.2) is 54.3 Å². The number of aliphatic carboxylic acids is 1. The molecule has 8 heteroatoms. The normalized spacial score (nSPS) is 16.0. The van der Waals surface area contributed by atoms with Gasteiger partial charge in [0.1, 0.15) is 12.6 Å². The first kappa shape index (κ1) is 25.1. The summed E-state index contributed by atoms with van der Waals surface area (Å²) >= 11 is 1.57. The van der Waals surface area contributed by atoms with E-state index in [0.717, 1.165) is 35.1 Å². The Balaban J connectivity index is 1.34. The van der Waals surface area contributed by atoms with Crippen molar-refractivity contribution in [2.75, 3.05) is 25.2 Å². The van der Waals surface area contributed by atoms with E-state index in [2.05, 4.69) is 34.9 Å². The SMILES string of the molecule is CSCC[C@H](NC(=O)OCC1c2ccccc2-c2ccccc21)C(=O)NCC(CC1CC1)C(=O)O. The molecular formula is C27H32N2O5S. The maximum absolute atomic E-state index is 12.8. The topological polar surface area (TPSA) is 105 Å². The highest BCUT2D eigenvalue weighted by molar-refractivity contribution is 7.98. The molecule has 2 aliphatic carbocycles. The molecule has 0 radical (unpaired) electrons. The number of amides is 2. The zero-order valence-corrected chi connectivity index (χ0v) is 20.7. The molecule has 1 fully saturated rings. The van der Waals surface area contributed by atoms with Gasteiger partial charge in [-0.2, -0.15) is 11.8 Å². The van der Waals surface area contributed by atoms with Gasteiger partial charge in [-0.3, -0.25) is 9.59 Å². The second-order valence-corrected chi connectivity index (χ2v) is 10.2. The Bertz CT molecular complexity index is 1030. The predicted octanol–water partition coefficient (Wildman–Crippen LogP) is 4.26. The van der Waals surface area contributed by atoms with E-state index < -0.39 is 24.0 Å². The molecular weight excluding hydrogens is 464 g/mol. The Labute approximate surface area is 210 Å². The molecule has 0 spiro atoms. The molecule has 186 valence electrons. The van der Waals surface area contributed by atoms with Crippen molar-refractivity contribution in [2.24, 2.45) is 11.8 Å². The van der Waals surface area contributed by atoms with Gasteiger partial charge in [-0.1, -0.05) is 61.4 Å². The number of alkyl carbamates (subject to hydrolysis) is 1. The summed E-state index contributed by atoms with van der Waals surface area (Å²) < 4.78 is 5.59. The van der Waals surface area contributed by atoms with E-state index >= 15 is 0 Å². The van der Waals surface area contributed by atoms with Crippen LogP contribution in [0.5, 0.6) is 0 Å². The summed E-state index contributed by atoms with van der Waals surface area (Å²) in [4.78, 5) is 37.0. The molecule has 2 aromatic carbocycles. The van der Waals surface area contributed by atoms with Gasteiger partial charge in [0.2, 0.25) is 5.91 Å². The molecule has 7 nitrogen and oxygen atoms in total. The van der Waals surface area contributed by atoms with Crippen LogP contribution in [0.1, 0.15) is 42.7 Å². The highest BCUT2D eigenvalue weighted by atomic mass is 32.2. The standard InChI is InChI=1S/C27H32N2O5S/c1-35-13-12-24(25(30)28-15-18(26(31)32)14-17-10-11-17)29-27(33)34-16-23-21-8-4-2-6-19(21)20-7-3-5-9-22(20)23/h2-9,17-18,23-24H,10-16H2,1H3,(H,28,30)(H,29,33)(H,31,32)/t18?,24-/m0/s1. The first-order chi connectivity index (χ1) is 17.0. The summed E-state index contributed by atoms with van der Waals surface area (Å²) in [5.41, 5.74) is 4.53. The summed E-state index contributed by atoms with van der Waals surface area (Å²) in [6.45, 7) is 0.228. The predicted molar refractivity (Wildman–Crippen MR) is 136 cm³/mol. The van der Waals surface area contributed by atoms with Crippen molar-refractivity contribution in [3.8, 4) is 11.1 Å². The minimum absolute atomic E-state index is 0.0623. The van der Waals surface area contributed by atoms with E-state index in [1.165, 1.54) is 0 Å². The van der Waals surface area contributed by atoms with Crippen LogP contribution in [-0.2, 0) is 14.3 Å². The molecule has 0 aromatic heterocycles. The number of fused-ring (bicyclic) bond motifs is 3. The molecule has 2 aliphatic rings. The number of hydrogen-bond donors (Lipinski definition) is 3. The molecule has 2 amide bonds. The number of nitrogens with one attached hydrogen (secondary N) is 2. The van der Waals surface area contributed by atoms with Crippen molar-refractivity contribution >= 4 is 29.7 Å². The molecule has 0 saturated heterocycles. The monoisotopic (exact) mass is 496 g/mol. The van der Waals surface area contributed by atoms with Gasteiger partial charge in [0.05, 0.1) is 5.92 Å². The molecule has 1 saturated carbocycles. The van der Waals surface area contributed by atoms with Crippen molar-refractivity contribution in [2.45, 2.75) is 37.6 Å². The van der Waals surface area contributed by atoms with Crippen LogP contribution in [0.3, 0.4) is 0 Å². The number of carbonyl (C=O) groups is 3. The van der Waals surface area contributed by atoms with Crippen LogP contribution in [0, 0.1) is 11.8 Å². The van der Waals surface area contributed by atoms with Gasteiger partial charge in [0, 0.05) is 12.5 Å². The van der Waals surface area contributed by atoms with Crippen LogP contribution in [0.2, 0.25) is 0 Å². The minimum atomic E-state index is -0.901. The minimum Gasteiger partial charge on any atom is -0.481 e. The summed E-state index contributed by atoms with van der Waals surface area (Å²) in [6, 6.07) is 15.4. The maximum Gasteiger partial charge on any atom is 0.407 e. The first-order valence-electron chi connectivity index (χ1n) is 12.1. The van der Waals surface area contributed by atoms with E-state index in [1.54, 1.807) is 11.8 Å². The molecule has 2 aromatic rings. The summed E-state index contributed by atoms with van der Waals surface area (Å²) in [6.07, 6.45) is 4.39. The summed E-state index contributed by atoms with van der Waals surface area (Å²) in [5, 5.41) is 14.9. The summed E-state index contributed by atoms with van der Waals surface area (Å²) in [7, 11) is 0. The molecule has 2 atom stereocenters. The Kier molecular flexibility index (Phi) is 8.33. The lowest BCUT2D eigenvalue weighted by Gasteiger charge is -2.21. The van der Waals surface area contributed by atoms with Gasteiger partial charge in [-0.15, -0.1) is 0 Å². The average molecular weight is 497 g/mol. The third-order valence-corrected chi connectivity index (χ3v) is 7.39. The van der Waals surface area contributed by atoms with E-state index in [-0.39, 0.29) is 25.0 Å². The van der Waals surface area contributed by atoms with Crippen LogP contribution < -0.4 is 10.6 Å². The van der Waals surface area contributed by atoms with Gasteiger partial charge in [-0.05, 0) is 53.0 Å². The molecule has 0 aliphatic heterocycles. The van der Waals surface area contributed by atoms with Crippen LogP contribution in [0.25, 0.3) is 11.1 Å². The largest absolute Gasteiger partial charge is 0.481 e. The Morgan fingerprint density at radius 3 is 2.26 bits per heavy atom. The van der Waals surface area contributed by atoms with Crippen LogP contribution in [0.15, 0.2) is 48.5 Å². The number of carbonyl (C=O) groups excluding carboxylic acids is 2. The van der Waals surface area contributed by atoms with Crippen molar-refractivity contribution < 1.29 is 24.2 Å².